The van der Waals surface area contributed by atoms with Crippen molar-refractivity contribution < 1.29 is 14.1 Å². The van der Waals surface area contributed by atoms with Gasteiger partial charge in [-0.05, 0) is 38.7 Å². The van der Waals surface area contributed by atoms with Gasteiger partial charge in [0, 0.05) is 13.6 Å². The maximum atomic E-state index is 11.3. The van der Waals surface area contributed by atoms with Crippen LogP contribution < -0.4 is 16.1 Å². The number of rotatable bonds is 3. The van der Waals surface area contributed by atoms with Gasteiger partial charge in [-0.3, -0.25) is 0 Å². The van der Waals surface area contributed by atoms with Gasteiger partial charge in [-0.2, -0.15) is 0 Å². The van der Waals surface area contributed by atoms with Crippen LogP contribution >= 0.6 is 0 Å². The lowest BCUT2D eigenvalue weighted by Crippen LogP contribution is -2.41. The molecule has 114 valence electrons. The summed E-state index contributed by atoms with van der Waals surface area (Å²) in [5.74, 6) is 0. The van der Waals surface area contributed by atoms with Gasteiger partial charge in [0.1, 0.15) is 0 Å². The van der Waals surface area contributed by atoms with Crippen molar-refractivity contribution in [3.05, 3.63) is 29.8 Å². The number of amides is 2. The third-order valence-electron chi connectivity index (χ3n) is 4.23. The Morgan fingerprint density at radius 2 is 1.71 bits per heavy atom. The summed E-state index contributed by atoms with van der Waals surface area (Å²) in [6.07, 6.45) is 0. The summed E-state index contributed by atoms with van der Waals surface area (Å²) in [5.41, 5.74) is 1.19. The van der Waals surface area contributed by atoms with E-state index in [1.807, 2.05) is 52.0 Å². The highest BCUT2D eigenvalue weighted by Gasteiger charge is 2.52. The predicted octanol–water partition coefficient (Wildman–Crippen LogP) is 1.41. The second kappa shape index (κ2) is 5.69. The number of hydrogen-bond donors (Lipinski definition) is 2. The highest BCUT2D eigenvalue weighted by atomic mass is 16.7. The van der Waals surface area contributed by atoms with Gasteiger partial charge in [0.25, 0.3) is 0 Å². The van der Waals surface area contributed by atoms with E-state index in [4.69, 9.17) is 9.31 Å². The predicted molar refractivity (Wildman–Crippen MR) is 83.5 cm³/mol. The second-order valence-corrected chi connectivity index (χ2v) is 6.22. The van der Waals surface area contributed by atoms with Crippen molar-refractivity contribution in [1.29, 1.82) is 0 Å². The minimum absolute atomic E-state index is 0.210. The normalized spacial score (nSPS) is 19.4. The summed E-state index contributed by atoms with van der Waals surface area (Å²) >= 11 is 0. The first-order valence-electron chi connectivity index (χ1n) is 7.16. The zero-order valence-corrected chi connectivity index (χ0v) is 13.3. The summed E-state index contributed by atoms with van der Waals surface area (Å²) in [4.78, 5) is 11.3. The van der Waals surface area contributed by atoms with Gasteiger partial charge in [-0.25, -0.2) is 4.79 Å². The van der Waals surface area contributed by atoms with Crippen LogP contribution in [-0.2, 0) is 15.9 Å². The molecule has 2 rings (SSSR count). The number of carbonyl (C=O) groups is 1. The molecule has 0 atom stereocenters. The smallest absolute Gasteiger partial charge is 0.399 e. The van der Waals surface area contributed by atoms with Crippen molar-refractivity contribution >= 4 is 18.6 Å². The van der Waals surface area contributed by atoms with Crippen molar-refractivity contribution in [1.82, 2.24) is 10.6 Å². The molecule has 1 heterocycles. The zero-order chi connectivity index (χ0) is 15.7. The molecule has 0 unspecified atom stereocenters. The summed E-state index contributed by atoms with van der Waals surface area (Å²) in [7, 11) is 1.17. The zero-order valence-electron chi connectivity index (χ0n) is 13.3. The van der Waals surface area contributed by atoms with Crippen LogP contribution in [0.25, 0.3) is 0 Å². The molecule has 0 spiro atoms. The maximum Gasteiger partial charge on any atom is 0.495 e. The molecule has 0 aliphatic carbocycles. The molecule has 2 N–H and O–H groups in total. The van der Waals surface area contributed by atoms with Gasteiger partial charge >= 0.3 is 13.1 Å². The molecule has 1 aromatic carbocycles. The Morgan fingerprint density at radius 3 is 2.29 bits per heavy atom. The van der Waals surface area contributed by atoms with Crippen LogP contribution in [0.1, 0.15) is 33.3 Å². The van der Waals surface area contributed by atoms with Gasteiger partial charge in [-0.1, -0.05) is 24.3 Å². The molecule has 1 aliphatic rings. The van der Waals surface area contributed by atoms with E-state index in [1.54, 1.807) is 7.05 Å². The van der Waals surface area contributed by atoms with Crippen LogP contribution in [0.2, 0.25) is 0 Å². The summed E-state index contributed by atoms with van der Waals surface area (Å²) < 4.78 is 12.1. The quantitative estimate of drug-likeness (QED) is 0.828. The molecule has 1 saturated heterocycles. The summed E-state index contributed by atoms with van der Waals surface area (Å²) in [5, 5.41) is 5.33. The first kappa shape index (κ1) is 15.9. The molecule has 2 amide bonds. The minimum atomic E-state index is -0.419. The molecule has 6 heteroatoms. The molecule has 0 aromatic heterocycles. The second-order valence-electron chi connectivity index (χ2n) is 6.22. The van der Waals surface area contributed by atoms with Crippen molar-refractivity contribution in [2.75, 3.05) is 7.05 Å². The highest BCUT2D eigenvalue weighted by molar-refractivity contribution is 6.62. The van der Waals surface area contributed by atoms with E-state index in [9.17, 15) is 4.79 Å². The maximum absolute atomic E-state index is 11.3. The first-order chi connectivity index (χ1) is 9.77. The third kappa shape index (κ3) is 3.22. The number of carbonyl (C=O) groups excluding carboxylic acids is 1. The molecule has 5 nitrogen and oxygen atoms in total. The summed E-state index contributed by atoms with van der Waals surface area (Å²) in [6.45, 7) is 8.54. The Kier molecular flexibility index (Phi) is 4.30. The average Bonchev–Trinajstić information content (AvgIpc) is 2.65. The van der Waals surface area contributed by atoms with Gasteiger partial charge in [-0.15, -0.1) is 0 Å². The van der Waals surface area contributed by atoms with Crippen molar-refractivity contribution in [2.24, 2.45) is 0 Å². The first-order valence-corrected chi connectivity index (χ1v) is 7.16. The fourth-order valence-electron chi connectivity index (χ4n) is 2.16. The molecular weight excluding hydrogens is 267 g/mol. The Balaban J connectivity index is 2.20. The Morgan fingerprint density at radius 1 is 1.14 bits per heavy atom. The van der Waals surface area contributed by atoms with E-state index in [2.05, 4.69) is 10.6 Å². The van der Waals surface area contributed by atoms with Crippen LogP contribution in [0.5, 0.6) is 0 Å². The molecule has 0 bridgehead atoms. The molecule has 21 heavy (non-hydrogen) atoms. The Hall–Kier alpha value is -1.53. The standard InChI is InChI=1S/C15H23BN2O3/c1-14(2)15(3,4)21-16(20-14)12-9-7-6-8-11(12)10-18-13(19)17-5/h6-9H,10H2,1-5H3,(H2,17,18,19). The van der Waals surface area contributed by atoms with E-state index in [-0.39, 0.29) is 17.2 Å². The monoisotopic (exact) mass is 290 g/mol. The minimum Gasteiger partial charge on any atom is -0.399 e. The lowest BCUT2D eigenvalue weighted by atomic mass is 9.76. The van der Waals surface area contributed by atoms with Crippen molar-refractivity contribution in [3.63, 3.8) is 0 Å². The largest absolute Gasteiger partial charge is 0.495 e. The van der Waals surface area contributed by atoms with E-state index >= 15 is 0 Å². The number of benzene rings is 1. The van der Waals surface area contributed by atoms with Crippen molar-refractivity contribution in [2.45, 2.75) is 45.4 Å². The molecule has 1 fully saturated rings. The van der Waals surface area contributed by atoms with Gasteiger partial charge in [0.05, 0.1) is 11.2 Å². The average molecular weight is 290 g/mol. The topological polar surface area (TPSA) is 59.6 Å². The van der Waals surface area contributed by atoms with E-state index in [1.165, 1.54) is 0 Å². The molecule has 1 aromatic rings. The van der Waals surface area contributed by atoms with Crippen molar-refractivity contribution in [3.8, 4) is 0 Å². The van der Waals surface area contributed by atoms with Crippen LogP contribution in [0.15, 0.2) is 24.3 Å². The molecule has 1 aliphatic heterocycles. The molecular formula is C15H23BN2O3. The number of urea groups is 1. The molecule has 0 saturated carbocycles. The number of hydrogen-bond acceptors (Lipinski definition) is 3. The van der Waals surface area contributed by atoms with E-state index in [0.29, 0.717) is 6.54 Å². The van der Waals surface area contributed by atoms with Crippen LogP contribution in [-0.4, -0.2) is 31.4 Å². The highest BCUT2D eigenvalue weighted by Crippen LogP contribution is 2.36. The Bertz CT molecular complexity index is 515. The fraction of sp³-hybridized carbons (Fsp3) is 0.533. The van der Waals surface area contributed by atoms with E-state index in [0.717, 1.165) is 11.0 Å². The van der Waals surface area contributed by atoms with Crippen LogP contribution in [0, 0.1) is 0 Å². The van der Waals surface area contributed by atoms with E-state index < -0.39 is 7.12 Å². The fourth-order valence-corrected chi connectivity index (χ4v) is 2.16. The van der Waals surface area contributed by atoms with Crippen LogP contribution in [0.4, 0.5) is 4.79 Å². The lowest BCUT2D eigenvalue weighted by molar-refractivity contribution is 0.00578. The lowest BCUT2D eigenvalue weighted by Gasteiger charge is -2.32. The van der Waals surface area contributed by atoms with Gasteiger partial charge < -0.3 is 19.9 Å². The summed E-state index contributed by atoms with van der Waals surface area (Å²) in [6, 6.07) is 7.62. The third-order valence-corrected chi connectivity index (χ3v) is 4.23. The molecule has 0 radical (unpaired) electrons. The Labute approximate surface area is 126 Å². The van der Waals surface area contributed by atoms with Crippen LogP contribution in [0.3, 0.4) is 0 Å². The van der Waals surface area contributed by atoms with Gasteiger partial charge in [0.15, 0.2) is 0 Å². The SMILES string of the molecule is CNC(=O)NCc1ccccc1B1OC(C)(C)C(C)(C)O1. The van der Waals surface area contributed by atoms with Gasteiger partial charge in [0.2, 0.25) is 0 Å². The number of nitrogens with one attached hydrogen (secondary N) is 2.